The fourth-order valence-electron chi connectivity index (χ4n) is 4.02. The summed E-state index contributed by atoms with van der Waals surface area (Å²) < 4.78 is 5.27. The molecular weight excluding hydrogens is 442 g/mol. The maximum absolute atomic E-state index is 12.6. The first-order chi connectivity index (χ1) is 17.1. The summed E-state index contributed by atoms with van der Waals surface area (Å²) >= 11 is 0. The van der Waals surface area contributed by atoms with Crippen molar-refractivity contribution < 1.29 is 14.3 Å². The molecule has 0 spiro atoms. The van der Waals surface area contributed by atoms with Gasteiger partial charge in [0.25, 0.3) is 5.91 Å². The molecule has 1 aromatic heterocycles. The molecular formula is C27H31N5O3. The van der Waals surface area contributed by atoms with Gasteiger partial charge in [-0.2, -0.15) is 0 Å². The number of nitrogens with zero attached hydrogens (tertiary/aromatic N) is 3. The summed E-state index contributed by atoms with van der Waals surface area (Å²) in [6.45, 7) is 5.41. The molecule has 4 rings (SSSR count). The van der Waals surface area contributed by atoms with Crippen LogP contribution in [-0.2, 0) is 11.3 Å². The zero-order valence-corrected chi connectivity index (χ0v) is 19.9. The number of ether oxygens (including phenoxy) is 1. The number of hydrogen-bond acceptors (Lipinski definition) is 6. The fourth-order valence-corrected chi connectivity index (χ4v) is 4.02. The topological polar surface area (TPSA) is 86.8 Å². The van der Waals surface area contributed by atoms with Crippen LogP contribution in [0, 0.1) is 0 Å². The van der Waals surface area contributed by atoms with Gasteiger partial charge >= 0.3 is 0 Å². The third-order valence-corrected chi connectivity index (χ3v) is 6.02. The number of pyridine rings is 1. The molecule has 3 aromatic rings. The summed E-state index contributed by atoms with van der Waals surface area (Å²) in [5.41, 5.74) is 2.86. The van der Waals surface area contributed by atoms with Gasteiger partial charge in [-0.1, -0.05) is 18.2 Å². The molecule has 0 saturated carbocycles. The molecule has 8 nitrogen and oxygen atoms in total. The summed E-state index contributed by atoms with van der Waals surface area (Å²) in [5, 5.41) is 5.77. The highest BCUT2D eigenvalue weighted by atomic mass is 16.5. The number of nitrogens with one attached hydrogen (secondary N) is 2. The number of amides is 2. The molecule has 182 valence electrons. The second-order valence-corrected chi connectivity index (χ2v) is 8.47. The minimum absolute atomic E-state index is 0.0351. The van der Waals surface area contributed by atoms with E-state index in [0.29, 0.717) is 29.1 Å². The van der Waals surface area contributed by atoms with E-state index in [0.717, 1.165) is 45.0 Å². The Bertz CT molecular complexity index is 1110. The van der Waals surface area contributed by atoms with Gasteiger partial charge in [0.15, 0.2) is 0 Å². The highest BCUT2D eigenvalue weighted by molar-refractivity contribution is 6.05. The minimum atomic E-state index is -0.241. The van der Waals surface area contributed by atoms with E-state index < -0.39 is 0 Å². The van der Waals surface area contributed by atoms with Gasteiger partial charge in [0.2, 0.25) is 5.91 Å². The van der Waals surface area contributed by atoms with Crippen molar-refractivity contribution in [1.82, 2.24) is 14.8 Å². The molecule has 1 fully saturated rings. The first kappa shape index (κ1) is 24.4. The average molecular weight is 474 g/mol. The molecule has 0 radical (unpaired) electrons. The third kappa shape index (κ3) is 7.11. The number of rotatable bonds is 9. The van der Waals surface area contributed by atoms with Gasteiger partial charge in [-0.15, -0.1) is 0 Å². The monoisotopic (exact) mass is 473 g/mol. The Labute approximate surface area is 205 Å². The number of hydrogen-bond donors (Lipinski definition) is 2. The minimum Gasteiger partial charge on any atom is -0.495 e. The lowest BCUT2D eigenvalue weighted by molar-refractivity contribution is -0.116. The van der Waals surface area contributed by atoms with Gasteiger partial charge in [0.05, 0.1) is 18.5 Å². The zero-order valence-electron chi connectivity index (χ0n) is 19.9. The molecule has 0 bridgehead atoms. The lowest BCUT2D eigenvalue weighted by Crippen LogP contribution is -2.46. The third-order valence-electron chi connectivity index (χ3n) is 6.02. The fraction of sp³-hybridized carbons (Fsp3) is 0.296. The summed E-state index contributed by atoms with van der Waals surface area (Å²) in [6, 6.07) is 20.1. The first-order valence-corrected chi connectivity index (χ1v) is 11.8. The van der Waals surface area contributed by atoms with Crippen LogP contribution in [0.5, 0.6) is 5.75 Å². The molecule has 2 heterocycles. The van der Waals surface area contributed by atoms with Crippen LogP contribution in [0.25, 0.3) is 0 Å². The normalized spacial score (nSPS) is 14.3. The van der Waals surface area contributed by atoms with Crippen molar-refractivity contribution in [2.45, 2.75) is 13.0 Å². The molecule has 8 heteroatoms. The van der Waals surface area contributed by atoms with Crippen LogP contribution in [0.4, 0.5) is 11.4 Å². The summed E-state index contributed by atoms with van der Waals surface area (Å²) in [6.07, 6.45) is 2.25. The molecule has 0 atom stereocenters. The number of piperazine rings is 1. The van der Waals surface area contributed by atoms with E-state index >= 15 is 0 Å². The Balaban J connectivity index is 1.19. The molecule has 2 aromatic carbocycles. The van der Waals surface area contributed by atoms with Crippen LogP contribution in [0.3, 0.4) is 0 Å². The summed E-state index contributed by atoms with van der Waals surface area (Å²) in [5.74, 6) is 0.320. The number of aromatic nitrogens is 1. The highest BCUT2D eigenvalue weighted by Crippen LogP contribution is 2.24. The molecule has 1 aliphatic heterocycles. The lowest BCUT2D eigenvalue weighted by atomic mass is 10.2. The smallest absolute Gasteiger partial charge is 0.255 e. The van der Waals surface area contributed by atoms with Gasteiger partial charge in [-0.05, 0) is 48.5 Å². The molecule has 1 aliphatic rings. The summed E-state index contributed by atoms with van der Waals surface area (Å²) in [7, 11) is 1.56. The predicted molar refractivity (Wildman–Crippen MR) is 137 cm³/mol. The highest BCUT2D eigenvalue weighted by Gasteiger charge is 2.18. The Morgan fingerprint density at radius 2 is 1.60 bits per heavy atom. The number of methoxy groups -OCH3 is 1. The Kier molecular flexibility index (Phi) is 8.43. The van der Waals surface area contributed by atoms with Crippen molar-refractivity contribution in [1.29, 1.82) is 0 Å². The number of carbonyl (C=O) groups is 2. The van der Waals surface area contributed by atoms with Crippen molar-refractivity contribution in [3.05, 3.63) is 84.2 Å². The van der Waals surface area contributed by atoms with Gasteiger partial charge in [-0.3, -0.25) is 19.5 Å². The molecule has 2 N–H and O–H groups in total. The SMILES string of the molecule is COc1ccccc1NC(=O)c1ccc(NC(=O)CCN2CCN(Cc3ccccn3)CC2)cc1. The van der Waals surface area contributed by atoms with E-state index in [9.17, 15) is 9.59 Å². The van der Waals surface area contributed by atoms with Crippen LogP contribution in [0.1, 0.15) is 22.5 Å². The Morgan fingerprint density at radius 1 is 0.886 bits per heavy atom. The number of benzene rings is 2. The van der Waals surface area contributed by atoms with Crippen molar-refractivity contribution in [2.75, 3.05) is 50.5 Å². The predicted octanol–water partition coefficient (Wildman–Crippen LogP) is 3.49. The van der Waals surface area contributed by atoms with Crippen molar-refractivity contribution in [3.8, 4) is 5.75 Å². The van der Waals surface area contributed by atoms with E-state index in [1.807, 2.05) is 30.5 Å². The standard InChI is InChI=1S/C27H31N5O3/c1-35-25-8-3-2-7-24(25)30-27(34)21-9-11-22(12-10-21)29-26(33)13-15-31-16-18-32(19-17-31)20-23-6-4-5-14-28-23/h2-12,14H,13,15-20H2,1H3,(H,29,33)(H,30,34). The zero-order chi connectivity index (χ0) is 24.5. The van der Waals surface area contributed by atoms with Crippen LogP contribution in [0.2, 0.25) is 0 Å². The van der Waals surface area contributed by atoms with Crippen LogP contribution in [0.15, 0.2) is 72.9 Å². The molecule has 0 unspecified atom stereocenters. The second-order valence-electron chi connectivity index (χ2n) is 8.47. The van der Waals surface area contributed by atoms with Crippen molar-refractivity contribution in [2.24, 2.45) is 0 Å². The summed E-state index contributed by atoms with van der Waals surface area (Å²) in [4.78, 5) is 34.1. The first-order valence-electron chi connectivity index (χ1n) is 11.8. The van der Waals surface area contributed by atoms with Gasteiger partial charge in [-0.25, -0.2) is 0 Å². The van der Waals surface area contributed by atoms with Gasteiger partial charge < -0.3 is 20.3 Å². The molecule has 2 amide bonds. The Morgan fingerprint density at radius 3 is 2.31 bits per heavy atom. The second kappa shape index (κ2) is 12.1. The van der Waals surface area contributed by atoms with Crippen LogP contribution < -0.4 is 15.4 Å². The quantitative estimate of drug-likeness (QED) is 0.495. The van der Waals surface area contributed by atoms with Crippen LogP contribution in [-0.4, -0.2) is 66.4 Å². The molecule has 35 heavy (non-hydrogen) atoms. The van der Waals surface area contributed by atoms with Crippen LogP contribution >= 0.6 is 0 Å². The van der Waals surface area contributed by atoms with E-state index in [4.69, 9.17) is 4.74 Å². The van der Waals surface area contributed by atoms with E-state index in [1.165, 1.54) is 0 Å². The van der Waals surface area contributed by atoms with Crippen molar-refractivity contribution in [3.63, 3.8) is 0 Å². The molecule has 0 aliphatic carbocycles. The Hall–Kier alpha value is -3.75. The van der Waals surface area contributed by atoms with Gasteiger partial charge in [0.1, 0.15) is 5.75 Å². The molecule has 1 saturated heterocycles. The number of para-hydroxylation sites is 2. The largest absolute Gasteiger partial charge is 0.495 e. The van der Waals surface area contributed by atoms with Gasteiger partial charge in [0, 0.05) is 63.1 Å². The lowest BCUT2D eigenvalue weighted by Gasteiger charge is -2.34. The average Bonchev–Trinajstić information content (AvgIpc) is 2.89. The van der Waals surface area contributed by atoms with E-state index in [-0.39, 0.29) is 11.8 Å². The van der Waals surface area contributed by atoms with E-state index in [2.05, 4.69) is 31.5 Å². The van der Waals surface area contributed by atoms with Crippen molar-refractivity contribution >= 4 is 23.2 Å². The maximum Gasteiger partial charge on any atom is 0.255 e. The number of anilines is 2. The van der Waals surface area contributed by atoms with E-state index in [1.54, 1.807) is 43.5 Å². The maximum atomic E-state index is 12.6. The number of carbonyl (C=O) groups excluding carboxylic acids is 2.